The Labute approximate surface area is 113 Å². The molecule has 1 aliphatic heterocycles. The maximum atomic E-state index is 12.3. The van der Waals surface area contributed by atoms with Gasteiger partial charge in [0, 0.05) is 5.54 Å². The molecule has 0 aromatic carbocycles. The first-order valence-corrected chi connectivity index (χ1v) is 6.49. The molecule has 1 saturated heterocycles. The summed E-state index contributed by atoms with van der Waals surface area (Å²) in [6, 6.07) is -0.591. The highest BCUT2D eigenvalue weighted by molar-refractivity contribution is 5.90. The molecule has 3 N–H and O–H groups in total. The summed E-state index contributed by atoms with van der Waals surface area (Å²) >= 11 is 0. The van der Waals surface area contributed by atoms with Crippen LogP contribution in [-0.4, -0.2) is 47.3 Å². The van der Waals surface area contributed by atoms with Crippen molar-refractivity contribution >= 4 is 11.9 Å². The van der Waals surface area contributed by atoms with Crippen LogP contribution in [0.15, 0.2) is 0 Å². The fraction of sp³-hybridized carbons (Fsp3) is 0.846. The van der Waals surface area contributed by atoms with E-state index in [0.29, 0.717) is 0 Å². The second-order valence-electron chi connectivity index (χ2n) is 6.42. The summed E-state index contributed by atoms with van der Waals surface area (Å²) in [4.78, 5) is 24.0. The predicted molar refractivity (Wildman–Crippen MR) is 70.4 cm³/mol. The molecule has 1 amide bonds. The van der Waals surface area contributed by atoms with Crippen molar-refractivity contribution in [2.45, 2.75) is 51.7 Å². The number of esters is 1. The number of nitrogens with one attached hydrogen (secondary N) is 2. The van der Waals surface area contributed by atoms with Gasteiger partial charge in [-0.05, 0) is 26.7 Å². The SMILES string of the molecule is CC(C)[C@@H]1N[C@](CO)(C(=O)NC(C)(C)C)COC1=O. The van der Waals surface area contributed by atoms with Gasteiger partial charge in [0.05, 0.1) is 6.61 Å². The van der Waals surface area contributed by atoms with Crippen LogP contribution in [0.4, 0.5) is 0 Å². The minimum absolute atomic E-state index is 0.0267. The lowest BCUT2D eigenvalue weighted by atomic mass is 9.92. The van der Waals surface area contributed by atoms with Crippen LogP contribution in [0.25, 0.3) is 0 Å². The van der Waals surface area contributed by atoms with E-state index >= 15 is 0 Å². The zero-order valence-corrected chi connectivity index (χ0v) is 12.2. The maximum Gasteiger partial charge on any atom is 0.323 e. The lowest BCUT2D eigenvalue weighted by molar-refractivity contribution is -0.162. The van der Waals surface area contributed by atoms with Crippen LogP contribution >= 0.6 is 0 Å². The van der Waals surface area contributed by atoms with Gasteiger partial charge in [-0.15, -0.1) is 0 Å². The number of carbonyl (C=O) groups is 2. The molecule has 110 valence electrons. The number of aliphatic hydroxyl groups is 1. The van der Waals surface area contributed by atoms with Gasteiger partial charge in [0.2, 0.25) is 5.91 Å². The first-order valence-electron chi connectivity index (χ1n) is 6.49. The molecule has 1 rings (SSSR count). The molecule has 0 spiro atoms. The van der Waals surface area contributed by atoms with Crippen molar-refractivity contribution in [2.75, 3.05) is 13.2 Å². The Morgan fingerprint density at radius 3 is 2.58 bits per heavy atom. The van der Waals surface area contributed by atoms with Gasteiger partial charge in [-0.3, -0.25) is 14.9 Å². The average molecular weight is 272 g/mol. The topological polar surface area (TPSA) is 87.7 Å². The Morgan fingerprint density at radius 2 is 2.16 bits per heavy atom. The highest BCUT2D eigenvalue weighted by Gasteiger charge is 2.48. The number of cyclic esters (lactones) is 1. The third-order valence-corrected chi connectivity index (χ3v) is 3.01. The Morgan fingerprint density at radius 1 is 1.58 bits per heavy atom. The van der Waals surface area contributed by atoms with E-state index in [4.69, 9.17) is 4.74 Å². The largest absolute Gasteiger partial charge is 0.462 e. The van der Waals surface area contributed by atoms with Crippen molar-refractivity contribution in [3.05, 3.63) is 0 Å². The summed E-state index contributed by atoms with van der Waals surface area (Å²) in [5.74, 6) is -0.774. The van der Waals surface area contributed by atoms with Gasteiger partial charge in [0.1, 0.15) is 12.6 Å². The Balaban J connectivity index is 2.92. The van der Waals surface area contributed by atoms with Gasteiger partial charge in [0.15, 0.2) is 5.54 Å². The fourth-order valence-corrected chi connectivity index (χ4v) is 1.88. The van der Waals surface area contributed by atoms with Gasteiger partial charge >= 0.3 is 5.97 Å². The van der Waals surface area contributed by atoms with E-state index in [1.54, 1.807) is 0 Å². The van der Waals surface area contributed by atoms with Crippen LogP contribution in [0.5, 0.6) is 0 Å². The Hall–Kier alpha value is -1.14. The summed E-state index contributed by atoms with van der Waals surface area (Å²) in [6.45, 7) is 8.68. The molecular weight excluding hydrogens is 248 g/mol. The van der Waals surface area contributed by atoms with E-state index in [1.807, 2.05) is 34.6 Å². The number of carbonyl (C=O) groups excluding carboxylic acids is 2. The molecule has 6 nitrogen and oxygen atoms in total. The normalized spacial score (nSPS) is 28.2. The second kappa shape index (κ2) is 5.46. The molecule has 0 unspecified atom stereocenters. The van der Waals surface area contributed by atoms with Crippen LogP contribution in [-0.2, 0) is 14.3 Å². The summed E-state index contributed by atoms with van der Waals surface area (Å²) < 4.78 is 5.07. The minimum Gasteiger partial charge on any atom is -0.462 e. The monoisotopic (exact) mass is 272 g/mol. The average Bonchev–Trinajstić information content (AvgIpc) is 2.27. The Bertz CT molecular complexity index is 362. The zero-order chi connectivity index (χ0) is 14.8. The number of morpholine rings is 1. The molecule has 0 saturated carbocycles. The molecule has 0 aromatic rings. The second-order valence-corrected chi connectivity index (χ2v) is 6.42. The zero-order valence-electron chi connectivity index (χ0n) is 12.2. The lowest BCUT2D eigenvalue weighted by Crippen LogP contribution is -2.71. The number of hydrogen-bond donors (Lipinski definition) is 3. The summed E-state index contributed by atoms with van der Waals surface area (Å²) in [5, 5.41) is 15.3. The first-order chi connectivity index (χ1) is 8.61. The first kappa shape index (κ1) is 15.9. The molecule has 0 aromatic heterocycles. The molecule has 0 aliphatic carbocycles. The van der Waals surface area contributed by atoms with E-state index in [9.17, 15) is 14.7 Å². The molecule has 2 atom stereocenters. The number of rotatable bonds is 3. The van der Waals surface area contributed by atoms with Crippen LogP contribution in [0.1, 0.15) is 34.6 Å². The third-order valence-electron chi connectivity index (χ3n) is 3.01. The number of ether oxygens (including phenoxy) is 1. The predicted octanol–water partition coefficient (Wildman–Crippen LogP) is -0.197. The molecular formula is C13H24N2O4. The van der Waals surface area contributed by atoms with E-state index in [-0.39, 0.29) is 24.4 Å². The van der Waals surface area contributed by atoms with E-state index < -0.39 is 23.7 Å². The smallest absolute Gasteiger partial charge is 0.323 e. The highest BCUT2D eigenvalue weighted by atomic mass is 16.5. The lowest BCUT2D eigenvalue weighted by Gasteiger charge is -2.41. The third kappa shape index (κ3) is 3.67. The van der Waals surface area contributed by atoms with Crippen LogP contribution in [0.2, 0.25) is 0 Å². The van der Waals surface area contributed by atoms with E-state index in [2.05, 4.69) is 10.6 Å². The summed E-state index contributed by atoms with van der Waals surface area (Å²) in [7, 11) is 0. The van der Waals surface area contributed by atoms with Gasteiger partial charge in [-0.1, -0.05) is 13.8 Å². The van der Waals surface area contributed by atoms with Crippen LogP contribution in [0, 0.1) is 5.92 Å². The molecule has 6 heteroatoms. The molecule has 1 heterocycles. The maximum absolute atomic E-state index is 12.3. The highest BCUT2D eigenvalue weighted by Crippen LogP contribution is 2.19. The Kier molecular flexibility index (Phi) is 4.58. The number of aliphatic hydroxyl groups excluding tert-OH is 1. The number of amides is 1. The van der Waals surface area contributed by atoms with Gasteiger partial charge in [0.25, 0.3) is 0 Å². The quantitative estimate of drug-likeness (QED) is 0.620. The summed E-state index contributed by atoms with van der Waals surface area (Å²) in [5.41, 5.74) is -1.69. The van der Waals surface area contributed by atoms with Crippen molar-refractivity contribution < 1.29 is 19.4 Å². The molecule has 1 fully saturated rings. The molecule has 1 aliphatic rings. The van der Waals surface area contributed by atoms with E-state index in [1.165, 1.54) is 0 Å². The minimum atomic E-state index is -1.27. The van der Waals surface area contributed by atoms with E-state index in [0.717, 1.165) is 0 Å². The van der Waals surface area contributed by atoms with Crippen molar-refractivity contribution in [1.82, 2.24) is 10.6 Å². The van der Waals surface area contributed by atoms with Crippen molar-refractivity contribution in [1.29, 1.82) is 0 Å². The summed E-state index contributed by atoms with van der Waals surface area (Å²) in [6.07, 6.45) is 0. The molecule has 0 radical (unpaired) electrons. The van der Waals surface area contributed by atoms with Crippen LogP contribution in [0.3, 0.4) is 0 Å². The fourth-order valence-electron chi connectivity index (χ4n) is 1.88. The van der Waals surface area contributed by atoms with Crippen LogP contribution < -0.4 is 10.6 Å². The van der Waals surface area contributed by atoms with Crippen molar-refractivity contribution in [3.8, 4) is 0 Å². The van der Waals surface area contributed by atoms with Gasteiger partial charge < -0.3 is 15.2 Å². The van der Waals surface area contributed by atoms with Crippen molar-refractivity contribution in [2.24, 2.45) is 5.92 Å². The number of hydrogen-bond acceptors (Lipinski definition) is 5. The standard InChI is InChI=1S/C13H24N2O4/c1-8(2)9-10(17)19-7-13(6-16,14-9)11(18)15-12(3,4)5/h8-9,14,16H,6-7H2,1-5H3,(H,15,18)/t9-,13-/m0/s1. The molecule has 0 bridgehead atoms. The molecule has 19 heavy (non-hydrogen) atoms. The van der Waals surface area contributed by atoms with Gasteiger partial charge in [-0.25, -0.2) is 0 Å². The van der Waals surface area contributed by atoms with Gasteiger partial charge in [-0.2, -0.15) is 0 Å². The van der Waals surface area contributed by atoms with Crippen molar-refractivity contribution in [3.63, 3.8) is 0 Å².